The lowest BCUT2D eigenvalue weighted by Crippen LogP contribution is -2.12. The molecular formula is C10H6ClFN2O. The van der Waals surface area contributed by atoms with Gasteiger partial charge in [0.25, 0.3) is 5.91 Å². The number of fused-ring (bicyclic) bond motifs is 1. The molecule has 15 heavy (non-hydrogen) atoms. The molecule has 1 aromatic heterocycles. The summed E-state index contributed by atoms with van der Waals surface area (Å²) in [5.74, 6) is -1.08. The molecule has 1 aromatic carbocycles. The lowest BCUT2D eigenvalue weighted by atomic mass is 10.1. The summed E-state index contributed by atoms with van der Waals surface area (Å²) < 4.78 is 12.9. The van der Waals surface area contributed by atoms with Gasteiger partial charge < -0.3 is 5.73 Å². The molecule has 0 aliphatic carbocycles. The van der Waals surface area contributed by atoms with Crippen LogP contribution in [0.25, 0.3) is 10.9 Å². The number of hydrogen-bond acceptors (Lipinski definition) is 2. The van der Waals surface area contributed by atoms with E-state index < -0.39 is 11.7 Å². The molecule has 0 fully saturated rings. The molecule has 0 saturated heterocycles. The lowest BCUT2D eigenvalue weighted by molar-refractivity contribution is 0.100. The summed E-state index contributed by atoms with van der Waals surface area (Å²) in [5.41, 5.74) is 5.70. The van der Waals surface area contributed by atoms with Gasteiger partial charge in [-0.05, 0) is 24.3 Å². The fraction of sp³-hybridized carbons (Fsp3) is 0. The minimum Gasteiger partial charge on any atom is -0.366 e. The topological polar surface area (TPSA) is 56.0 Å². The zero-order valence-electron chi connectivity index (χ0n) is 7.50. The van der Waals surface area contributed by atoms with Crippen LogP contribution in [-0.4, -0.2) is 10.9 Å². The highest BCUT2D eigenvalue weighted by molar-refractivity contribution is 6.33. The van der Waals surface area contributed by atoms with Gasteiger partial charge in [0.1, 0.15) is 11.0 Å². The van der Waals surface area contributed by atoms with E-state index in [2.05, 4.69) is 4.98 Å². The number of benzene rings is 1. The molecule has 0 radical (unpaired) electrons. The molecule has 3 nitrogen and oxygen atoms in total. The third kappa shape index (κ3) is 1.76. The van der Waals surface area contributed by atoms with Gasteiger partial charge in [-0.25, -0.2) is 9.37 Å². The molecule has 0 atom stereocenters. The Morgan fingerprint density at radius 3 is 2.80 bits per heavy atom. The van der Waals surface area contributed by atoms with Crippen molar-refractivity contribution in [2.45, 2.75) is 0 Å². The number of hydrogen-bond donors (Lipinski definition) is 1. The molecule has 2 N–H and O–H groups in total. The number of carbonyl (C=O) groups excluding carboxylic acids is 1. The molecule has 1 heterocycles. The fourth-order valence-electron chi connectivity index (χ4n) is 1.30. The van der Waals surface area contributed by atoms with E-state index in [0.717, 1.165) is 0 Å². The van der Waals surface area contributed by atoms with Crippen LogP contribution in [0.2, 0.25) is 5.15 Å². The van der Waals surface area contributed by atoms with Crippen LogP contribution in [0.3, 0.4) is 0 Å². The van der Waals surface area contributed by atoms with Gasteiger partial charge in [0.05, 0.1) is 11.1 Å². The first-order valence-electron chi connectivity index (χ1n) is 4.13. The first-order chi connectivity index (χ1) is 7.08. The first kappa shape index (κ1) is 9.86. The molecule has 5 heteroatoms. The minimum absolute atomic E-state index is 0.0293. The molecule has 1 amide bonds. The van der Waals surface area contributed by atoms with E-state index in [0.29, 0.717) is 10.9 Å². The predicted molar refractivity (Wildman–Crippen MR) is 55.2 cm³/mol. The SMILES string of the molecule is NC(=O)c1cc2cc(F)ccc2nc1Cl. The predicted octanol–water partition coefficient (Wildman–Crippen LogP) is 2.13. The highest BCUT2D eigenvalue weighted by Crippen LogP contribution is 2.20. The number of amides is 1. The number of nitrogens with zero attached hydrogens (tertiary/aromatic N) is 1. The van der Waals surface area contributed by atoms with Crippen LogP contribution in [0.1, 0.15) is 10.4 Å². The van der Waals surface area contributed by atoms with Gasteiger partial charge in [0, 0.05) is 5.39 Å². The van der Waals surface area contributed by atoms with Gasteiger partial charge >= 0.3 is 0 Å². The third-order valence-corrected chi connectivity index (χ3v) is 2.28. The van der Waals surface area contributed by atoms with Crippen LogP contribution in [0.5, 0.6) is 0 Å². The number of aromatic nitrogens is 1. The van der Waals surface area contributed by atoms with Crippen molar-refractivity contribution in [1.29, 1.82) is 0 Å². The van der Waals surface area contributed by atoms with Crippen molar-refractivity contribution >= 4 is 28.4 Å². The Labute approximate surface area is 89.7 Å². The van der Waals surface area contributed by atoms with E-state index in [4.69, 9.17) is 17.3 Å². The summed E-state index contributed by atoms with van der Waals surface area (Å²) in [6.45, 7) is 0. The van der Waals surface area contributed by atoms with Gasteiger partial charge in [-0.15, -0.1) is 0 Å². The molecule has 0 unspecified atom stereocenters. The average Bonchev–Trinajstić information content (AvgIpc) is 2.17. The smallest absolute Gasteiger partial charge is 0.251 e. The van der Waals surface area contributed by atoms with Gasteiger partial charge in [0.15, 0.2) is 0 Å². The van der Waals surface area contributed by atoms with Crippen LogP contribution >= 0.6 is 11.6 Å². The molecular weight excluding hydrogens is 219 g/mol. The summed E-state index contributed by atoms with van der Waals surface area (Å²) in [7, 11) is 0. The standard InChI is InChI=1S/C10H6ClFN2O/c11-9-7(10(13)15)4-5-3-6(12)1-2-8(5)14-9/h1-4H,(H2,13,15). The number of pyridine rings is 1. The minimum atomic E-state index is -0.682. The van der Waals surface area contributed by atoms with E-state index in [1.165, 1.54) is 24.3 Å². The van der Waals surface area contributed by atoms with Crippen molar-refractivity contribution in [3.05, 3.63) is 40.8 Å². The molecule has 0 saturated carbocycles. The van der Waals surface area contributed by atoms with E-state index in [1.54, 1.807) is 0 Å². The molecule has 2 rings (SSSR count). The second kappa shape index (κ2) is 3.47. The number of rotatable bonds is 1. The maximum Gasteiger partial charge on any atom is 0.251 e. The van der Waals surface area contributed by atoms with Crippen LogP contribution in [-0.2, 0) is 0 Å². The Balaban J connectivity index is 2.77. The molecule has 0 aliphatic rings. The van der Waals surface area contributed by atoms with Crippen molar-refractivity contribution < 1.29 is 9.18 Å². The maximum atomic E-state index is 12.9. The van der Waals surface area contributed by atoms with Crippen LogP contribution in [0.4, 0.5) is 4.39 Å². The van der Waals surface area contributed by atoms with E-state index in [1.807, 2.05) is 0 Å². The zero-order valence-corrected chi connectivity index (χ0v) is 8.25. The van der Waals surface area contributed by atoms with Gasteiger partial charge in [-0.3, -0.25) is 4.79 Å². The van der Waals surface area contributed by atoms with Crippen molar-refractivity contribution in [2.75, 3.05) is 0 Å². The van der Waals surface area contributed by atoms with Gasteiger partial charge in [0.2, 0.25) is 0 Å². The number of nitrogens with two attached hydrogens (primary N) is 1. The van der Waals surface area contributed by atoms with Crippen molar-refractivity contribution in [3.8, 4) is 0 Å². The Morgan fingerprint density at radius 1 is 1.40 bits per heavy atom. The van der Waals surface area contributed by atoms with Crippen molar-refractivity contribution in [1.82, 2.24) is 4.98 Å². The third-order valence-electron chi connectivity index (χ3n) is 2.00. The molecule has 76 valence electrons. The zero-order chi connectivity index (χ0) is 11.0. The van der Waals surface area contributed by atoms with Crippen LogP contribution in [0.15, 0.2) is 24.3 Å². The lowest BCUT2D eigenvalue weighted by Gasteiger charge is -2.02. The Hall–Kier alpha value is -1.68. The van der Waals surface area contributed by atoms with E-state index in [-0.39, 0.29) is 10.7 Å². The van der Waals surface area contributed by atoms with E-state index in [9.17, 15) is 9.18 Å². The van der Waals surface area contributed by atoms with Gasteiger partial charge in [-0.1, -0.05) is 11.6 Å². The molecule has 0 bridgehead atoms. The molecule has 2 aromatic rings. The quantitative estimate of drug-likeness (QED) is 0.755. The first-order valence-corrected chi connectivity index (χ1v) is 4.51. The number of carbonyl (C=O) groups is 1. The highest BCUT2D eigenvalue weighted by Gasteiger charge is 2.09. The Kier molecular flexibility index (Phi) is 2.28. The summed E-state index contributed by atoms with van der Waals surface area (Å²) in [6.07, 6.45) is 0. The largest absolute Gasteiger partial charge is 0.366 e. The fourth-order valence-corrected chi connectivity index (χ4v) is 1.54. The van der Waals surface area contributed by atoms with Crippen molar-refractivity contribution in [3.63, 3.8) is 0 Å². The van der Waals surface area contributed by atoms with Crippen LogP contribution in [0, 0.1) is 5.82 Å². The normalized spacial score (nSPS) is 10.5. The summed E-state index contributed by atoms with van der Waals surface area (Å²) in [4.78, 5) is 14.9. The Bertz CT molecular complexity index is 556. The van der Waals surface area contributed by atoms with E-state index >= 15 is 0 Å². The van der Waals surface area contributed by atoms with Crippen molar-refractivity contribution in [2.24, 2.45) is 5.73 Å². The highest BCUT2D eigenvalue weighted by atomic mass is 35.5. The maximum absolute atomic E-state index is 12.9. The summed E-state index contributed by atoms with van der Waals surface area (Å²) in [6, 6.07) is 5.46. The second-order valence-electron chi connectivity index (χ2n) is 3.03. The second-order valence-corrected chi connectivity index (χ2v) is 3.39. The Morgan fingerprint density at radius 2 is 2.13 bits per heavy atom. The van der Waals surface area contributed by atoms with Crippen LogP contribution < -0.4 is 5.73 Å². The molecule has 0 aliphatic heterocycles. The summed E-state index contributed by atoms with van der Waals surface area (Å²) in [5, 5.41) is 0.523. The monoisotopic (exact) mass is 224 g/mol. The number of halogens is 2. The average molecular weight is 225 g/mol. The molecule has 0 spiro atoms. The van der Waals surface area contributed by atoms with Gasteiger partial charge in [-0.2, -0.15) is 0 Å². The number of primary amides is 1. The summed E-state index contributed by atoms with van der Waals surface area (Å²) >= 11 is 5.73.